The van der Waals surface area contributed by atoms with E-state index in [0.717, 1.165) is 24.0 Å². The summed E-state index contributed by atoms with van der Waals surface area (Å²) in [5.74, 6) is 0. The lowest BCUT2D eigenvalue weighted by Crippen LogP contribution is -2.28. The molecule has 0 fully saturated rings. The Kier molecular flexibility index (Phi) is 5.72. The lowest BCUT2D eigenvalue weighted by Gasteiger charge is -2.18. The highest BCUT2D eigenvalue weighted by atomic mass is 32.2. The maximum Gasteiger partial charge on any atom is 0.243 e. The van der Waals surface area contributed by atoms with Gasteiger partial charge >= 0.3 is 0 Å². The Morgan fingerprint density at radius 1 is 1.42 bits per heavy atom. The zero-order valence-corrected chi connectivity index (χ0v) is 12.4. The van der Waals surface area contributed by atoms with Gasteiger partial charge < -0.3 is 5.73 Å². The molecule has 0 aliphatic heterocycles. The number of sulfonamides is 1. The number of nitrogens with two attached hydrogens (primary N) is 1. The molecule has 0 radical (unpaired) electrons. The average Bonchev–Trinajstić information content (AvgIpc) is 2.39. The predicted molar refractivity (Wildman–Crippen MR) is 78.3 cm³/mol. The van der Waals surface area contributed by atoms with Crippen molar-refractivity contribution in [3.8, 4) is 0 Å². The van der Waals surface area contributed by atoms with Gasteiger partial charge in [-0.3, -0.25) is 0 Å². The lowest BCUT2D eigenvalue weighted by atomic mass is 10.1. The summed E-state index contributed by atoms with van der Waals surface area (Å²) in [7, 11) is -1.84. The Labute approximate surface area is 116 Å². The quantitative estimate of drug-likeness (QED) is 0.615. The number of benzene rings is 1. The van der Waals surface area contributed by atoms with Gasteiger partial charge in [-0.25, -0.2) is 12.7 Å². The van der Waals surface area contributed by atoms with Crippen LogP contribution in [0.15, 0.2) is 35.7 Å². The fraction of sp³-hybridized carbons (Fsp3) is 0.429. The topological polar surface area (TPSA) is 63.4 Å². The van der Waals surface area contributed by atoms with Crippen LogP contribution >= 0.6 is 0 Å². The Hall–Kier alpha value is -1.17. The van der Waals surface area contributed by atoms with Crippen molar-refractivity contribution >= 4 is 10.0 Å². The molecule has 0 atom stereocenters. The third kappa shape index (κ3) is 3.89. The molecule has 0 saturated heterocycles. The molecule has 19 heavy (non-hydrogen) atoms. The van der Waals surface area contributed by atoms with Crippen molar-refractivity contribution < 1.29 is 8.42 Å². The van der Waals surface area contributed by atoms with Crippen LogP contribution in [0.25, 0.3) is 0 Å². The first kappa shape index (κ1) is 15.9. The van der Waals surface area contributed by atoms with Gasteiger partial charge in [0.05, 0.1) is 4.90 Å². The molecule has 0 saturated carbocycles. The third-order valence-corrected chi connectivity index (χ3v) is 5.06. The van der Waals surface area contributed by atoms with Gasteiger partial charge in [0.2, 0.25) is 10.0 Å². The van der Waals surface area contributed by atoms with E-state index in [0.29, 0.717) is 18.0 Å². The highest BCUT2D eigenvalue weighted by Crippen LogP contribution is 2.20. The predicted octanol–water partition coefficient (Wildman–Crippen LogP) is 2.04. The van der Waals surface area contributed by atoms with Crippen LogP contribution in [0.5, 0.6) is 0 Å². The number of rotatable bonds is 7. The van der Waals surface area contributed by atoms with Crippen LogP contribution in [-0.4, -0.2) is 26.3 Å². The molecule has 1 rings (SSSR count). The Balaban J connectivity index is 3.01. The minimum absolute atomic E-state index is 0.336. The molecule has 0 unspecified atom stereocenters. The molecular formula is C14H22N2O2S. The summed E-state index contributed by atoms with van der Waals surface area (Å²) < 4.78 is 26.3. The fourth-order valence-electron chi connectivity index (χ4n) is 1.80. The van der Waals surface area contributed by atoms with Gasteiger partial charge in [0.15, 0.2) is 0 Å². The summed E-state index contributed by atoms with van der Waals surface area (Å²) >= 11 is 0. The lowest BCUT2D eigenvalue weighted by molar-refractivity contribution is 0.462. The van der Waals surface area contributed by atoms with Gasteiger partial charge in [-0.15, -0.1) is 6.58 Å². The summed E-state index contributed by atoms with van der Waals surface area (Å²) in [6, 6.07) is 5.31. The summed E-state index contributed by atoms with van der Waals surface area (Å²) in [4.78, 5) is 0.344. The second-order valence-corrected chi connectivity index (χ2v) is 6.57. The van der Waals surface area contributed by atoms with Gasteiger partial charge in [-0.1, -0.05) is 18.2 Å². The van der Waals surface area contributed by atoms with E-state index in [4.69, 9.17) is 5.73 Å². The van der Waals surface area contributed by atoms with Crippen molar-refractivity contribution in [2.75, 3.05) is 13.6 Å². The molecule has 5 heteroatoms. The number of unbranched alkanes of at least 4 members (excludes halogenated alkanes) is 1. The largest absolute Gasteiger partial charge is 0.326 e. The molecule has 0 aliphatic carbocycles. The Morgan fingerprint density at radius 3 is 2.68 bits per heavy atom. The number of allylic oxidation sites excluding steroid dienone is 1. The van der Waals surface area contributed by atoms with Gasteiger partial charge in [-0.05, 0) is 37.0 Å². The van der Waals surface area contributed by atoms with Crippen molar-refractivity contribution in [3.63, 3.8) is 0 Å². The van der Waals surface area contributed by atoms with E-state index in [1.165, 1.54) is 4.31 Å². The standard InChI is InChI=1S/C14H22N2O2S/c1-4-5-6-9-16(3)19(17,18)14-10-13(11-15)8-7-12(14)2/h4,7-8,10H,1,5-6,9,11,15H2,2-3H3. The van der Waals surface area contributed by atoms with E-state index in [2.05, 4.69) is 6.58 Å². The summed E-state index contributed by atoms with van der Waals surface area (Å²) in [5.41, 5.74) is 7.13. The highest BCUT2D eigenvalue weighted by Gasteiger charge is 2.22. The molecule has 1 aromatic rings. The van der Waals surface area contributed by atoms with Crippen LogP contribution in [0.4, 0.5) is 0 Å². The normalized spacial score (nSPS) is 11.8. The third-order valence-electron chi connectivity index (χ3n) is 3.06. The summed E-state index contributed by atoms with van der Waals surface area (Å²) in [5, 5.41) is 0. The molecule has 4 nitrogen and oxygen atoms in total. The van der Waals surface area contributed by atoms with Gasteiger partial charge in [0.25, 0.3) is 0 Å². The molecule has 2 N–H and O–H groups in total. The second-order valence-electron chi connectivity index (χ2n) is 4.56. The first-order valence-electron chi connectivity index (χ1n) is 6.30. The van der Waals surface area contributed by atoms with Crippen molar-refractivity contribution in [3.05, 3.63) is 42.0 Å². The smallest absolute Gasteiger partial charge is 0.243 e. The van der Waals surface area contributed by atoms with Crippen molar-refractivity contribution in [1.82, 2.24) is 4.31 Å². The number of nitrogens with zero attached hydrogens (tertiary/aromatic N) is 1. The molecule has 0 aliphatic rings. The second kappa shape index (κ2) is 6.84. The molecule has 106 valence electrons. The van der Waals surface area contributed by atoms with Gasteiger partial charge in [-0.2, -0.15) is 0 Å². The Bertz CT molecular complexity index is 538. The molecule has 0 heterocycles. The fourth-order valence-corrected chi connectivity index (χ4v) is 3.28. The van der Waals surface area contributed by atoms with Gasteiger partial charge in [0.1, 0.15) is 0 Å². The van der Waals surface area contributed by atoms with E-state index in [1.54, 1.807) is 32.2 Å². The van der Waals surface area contributed by atoms with Crippen molar-refractivity contribution in [1.29, 1.82) is 0 Å². The van der Waals surface area contributed by atoms with E-state index in [1.807, 2.05) is 6.07 Å². The average molecular weight is 282 g/mol. The van der Waals surface area contributed by atoms with Crippen LogP contribution in [-0.2, 0) is 16.6 Å². The van der Waals surface area contributed by atoms with Crippen LogP contribution in [0, 0.1) is 6.92 Å². The van der Waals surface area contributed by atoms with E-state index < -0.39 is 10.0 Å². The number of hydrogen-bond donors (Lipinski definition) is 1. The Morgan fingerprint density at radius 2 is 2.11 bits per heavy atom. The molecule has 0 bridgehead atoms. The van der Waals surface area contributed by atoms with Crippen LogP contribution in [0.2, 0.25) is 0 Å². The first-order valence-corrected chi connectivity index (χ1v) is 7.74. The van der Waals surface area contributed by atoms with Gasteiger partial charge in [0, 0.05) is 20.1 Å². The molecular weight excluding hydrogens is 260 g/mol. The minimum Gasteiger partial charge on any atom is -0.326 e. The van der Waals surface area contributed by atoms with Crippen molar-refractivity contribution in [2.24, 2.45) is 5.73 Å². The maximum atomic E-state index is 12.5. The van der Waals surface area contributed by atoms with E-state index in [-0.39, 0.29) is 0 Å². The van der Waals surface area contributed by atoms with E-state index >= 15 is 0 Å². The maximum absolute atomic E-state index is 12.5. The van der Waals surface area contributed by atoms with Crippen molar-refractivity contribution in [2.45, 2.75) is 31.2 Å². The summed E-state index contributed by atoms with van der Waals surface area (Å²) in [6.07, 6.45) is 3.37. The molecule has 0 spiro atoms. The van der Waals surface area contributed by atoms with Crippen LogP contribution in [0.1, 0.15) is 24.0 Å². The molecule has 1 aromatic carbocycles. The van der Waals surface area contributed by atoms with E-state index in [9.17, 15) is 8.42 Å². The monoisotopic (exact) mass is 282 g/mol. The number of aryl methyl sites for hydroxylation is 1. The minimum atomic E-state index is -3.44. The first-order chi connectivity index (χ1) is 8.93. The zero-order chi connectivity index (χ0) is 14.5. The summed E-state index contributed by atoms with van der Waals surface area (Å²) in [6.45, 7) is 6.25. The highest BCUT2D eigenvalue weighted by molar-refractivity contribution is 7.89. The zero-order valence-electron chi connectivity index (χ0n) is 11.6. The number of hydrogen-bond acceptors (Lipinski definition) is 3. The SMILES string of the molecule is C=CCCCN(C)S(=O)(=O)c1cc(CN)ccc1C. The molecule has 0 aromatic heterocycles. The molecule has 0 amide bonds. The van der Waals surface area contributed by atoms with Crippen LogP contribution < -0.4 is 5.73 Å². The van der Waals surface area contributed by atoms with Crippen LogP contribution in [0.3, 0.4) is 0 Å².